The number of carbonyl (C=O) groups excluding carboxylic acids is 2. The van der Waals surface area contributed by atoms with Gasteiger partial charge in [-0.1, -0.05) is 12.1 Å². The highest BCUT2D eigenvalue weighted by molar-refractivity contribution is 6.00. The topological polar surface area (TPSA) is 105 Å². The van der Waals surface area contributed by atoms with Crippen LogP contribution in [0.15, 0.2) is 24.3 Å². The van der Waals surface area contributed by atoms with E-state index < -0.39 is 23.0 Å². The molecule has 116 valence electrons. The van der Waals surface area contributed by atoms with E-state index in [1.54, 1.807) is 45.0 Å². The highest BCUT2D eigenvalue weighted by atomic mass is 16.7. The van der Waals surface area contributed by atoms with Crippen LogP contribution in [0.25, 0.3) is 0 Å². The van der Waals surface area contributed by atoms with Gasteiger partial charge in [0, 0.05) is 5.69 Å². The van der Waals surface area contributed by atoms with Crippen LogP contribution in [0.4, 0.5) is 5.69 Å². The second-order valence-electron chi connectivity index (χ2n) is 6.16. The number of ether oxygens (including phenoxy) is 1. The first-order valence-corrected chi connectivity index (χ1v) is 6.57. The van der Waals surface area contributed by atoms with Gasteiger partial charge in [0.2, 0.25) is 0 Å². The number of benzene rings is 1. The number of hydrogen-bond donors (Lipinski definition) is 2. The predicted molar refractivity (Wildman–Crippen MR) is 78.8 cm³/mol. The van der Waals surface area contributed by atoms with Crippen molar-refractivity contribution in [3.63, 3.8) is 0 Å². The monoisotopic (exact) mass is 294 g/mol. The molecule has 0 aromatic heterocycles. The largest absolute Gasteiger partial charge is 0.459 e. The van der Waals surface area contributed by atoms with Crippen LogP contribution < -0.4 is 11.6 Å². The van der Waals surface area contributed by atoms with Gasteiger partial charge in [0.1, 0.15) is 5.60 Å². The lowest BCUT2D eigenvalue weighted by Gasteiger charge is -2.29. The lowest BCUT2D eigenvalue weighted by atomic mass is 9.83. The number of rotatable bonds is 4. The Morgan fingerprint density at radius 2 is 1.57 bits per heavy atom. The molecule has 0 amide bonds. The molecule has 1 rings (SSSR count). The van der Waals surface area contributed by atoms with Gasteiger partial charge in [-0.2, -0.15) is 5.90 Å². The Morgan fingerprint density at radius 1 is 1.05 bits per heavy atom. The van der Waals surface area contributed by atoms with Crippen molar-refractivity contribution < 1.29 is 19.2 Å². The fourth-order valence-corrected chi connectivity index (χ4v) is 1.79. The van der Waals surface area contributed by atoms with Crippen molar-refractivity contribution >= 4 is 17.6 Å². The first-order valence-electron chi connectivity index (χ1n) is 6.57. The molecule has 1 atom stereocenters. The van der Waals surface area contributed by atoms with E-state index in [2.05, 4.69) is 4.84 Å². The van der Waals surface area contributed by atoms with Crippen molar-refractivity contribution in [1.82, 2.24) is 0 Å². The zero-order chi connectivity index (χ0) is 16.3. The second-order valence-corrected chi connectivity index (χ2v) is 6.16. The quantitative estimate of drug-likeness (QED) is 0.378. The Hall–Kier alpha value is -2.08. The molecule has 0 spiro atoms. The van der Waals surface area contributed by atoms with E-state index in [4.69, 9.17) is 16.4 Å². The number of anilines is 1. The third-order valence-corrected chi connectivity index (χ3v) is 2.94. The van der Waals surface area contributed by atoms with Crippen LogP contribution >= 0.6 is 0 Å². The van der Waals surface area contributed by atoms with E-state index in [0.29, 0.717) is 5.69 Å². The molecule has 1 unspecified atom stereocenters. The Bertz CT molecular complexity index is 519. The molecule has 6 nitrogen and oxygen atoms in total. The summed E-state index contributed by atoms with van der Waals surface area (Å²) < 4.78 is 5.30. The Labute approximate surface area is 124 Å². The van der Waals surface area contributed by atoms with Crippen molar-refractivity contribution in [1.29, 1.82) is 0 Å². The molecule has 0 fully saturated rings. The Balaban J connectivity index is 3.06. The molecule has 21 heavy (non-hydrogen) atoms. The highest BCUT2D eigenvalue weighted by Crippen LogP contribution is 2.28. The molecule has 0 radical (unpaired) electrons. The molecule has 4 N–H and O–H groups in total. The summed E-state index contributed by atoms with van der Waals surface area (Å²) in [4.78, 5) is 28.6. The van der Waals surface area contributed by atoms with Crippen molar-refractivity contribution in [3.05, 3.63) is 29.8 Å². The van der Waals surface area contributed by atoms with Crippen LogP contribution in [0.2, 0.25) is 0 Å². The van der Waals surface area contributed by atoms with Crippen LogP contribution in [-0.2, 0) is 25.6 Å². The van der Waals surface area contributed by atoms with Crippen molar-refractivity contribution in [2.45, 2.75) is 39.7 Å². The summed E-state index contributed by atoms with van der Waals surface area (Å²) in [7, 11) is 0. The van der Waals surface area contributed by atoms with Crippen LogP contribution in [0.5, 0.6) is 0 Å². The molecule has 0 aliphatic rings. The molecule has 0 saturated carbocycles. The van der Waals surface area contributed by atoms with Gasteiger partial charge in [-0.15, -0.1) is 0 Å². The molecule has 6 heteroatoms. The standard InChI is InChI=1S/C15H22N2O4/c1-14(2,3)20-12(18)15(4,13(19)21-17)9-10-5-7-11(16)8-6-10/h5-8H,9,16-17H2,1-4H3. The fourth-order valence-electron chi connectivity index (χ4n) is 1.79. The van der Waals surface area contributed by atoms with Crippen LogP contribution in [0.1, 0.15) is 33.3 Å². The molecule has 0 aliphatic heterocycles. The summed E-state index contributed by atoms with van der Waals surface area (Å²) in [5.41, 5.74) is 4.74. The zero-order valence-electron chi connectivity index (χ0n) is 12.8. The maximum Gasteiger partial charge on any atom is 0.341 e. The van der Waals surface area contributed by atoms with Crippen molar-refractivity contribution in [3.8, 4) is 0 Å². The minimum Gasteiger partial charge on any atom is -0.459 e. The van der Waals surface area contributed by atoms with Gasteiger partial charge in [0.05, 0.1) is 0 Å². The number of nitrogens with two attached hydrogens (primary N) is 2. The minimum atomic E-state index is -1.52. The van der Waals surface area contributed by atoms with Crippen LogP contribution in [0.3, 0.4) is 0 Å². The van der Waals surface area contributed by atoms with Crippen molar-refractivity contribution in [2.24, 2.45) is 11.3 Å². The van der Waals surface area contributed by atoms with Gasteiger partial charge < -0.3 is 15.3 Å². The molecule has 1 aromatic carbocycles. The highest BCUT2D eigenvalue weighted by Gasteiger charge is 2.46. The molecule has 0 saturated heterocycles. The van der Waals surface area contributed by atoms with Gasteiger partial charge in [0.25, 0.3) is 0 Å². The van der Waals surface area contributed by atoms with Gasteiger partial charge in [0.15, 0.2) is 5.41 Å². The van der Waals surface area contributed by atoms with Crippen LogP contribution in [0, 0.1) is 5.41 Å². The smallest absolute Gasteiger partial charge is 0.341 e. The number of carbonyl (C=O) groups is 2. The summed E-state index contributed by atoms with van der Waals surface area (Å²) in [6.07, 6.45) is 0.109. The second kappa shape index (κ2) is 6.13. The van der Waals surface area contributed by atoms with Gasteiger partial charge in [-0.05, 0) is 51.8 Å². The molecule has 0 bridgehead atoms. The summed E-state index contributed by atoms with van der Waals surface area (Å²) in [6.45, 7) is 6.62. The Morgan fingerprint density at radius 3 is 2.00 bits per heavy atom. The van der Waals surface area contributed by atoms with E-state index in [-0.39, 0.29) is 6.42 Å². The summed E-state index contributed by atoms with van der Waals surface area (Å²) in [5.74, 6) is 3.44. The third kappa shape index (κ3) is 4.46. The van der Waals surface area contributed by atoms with E-state index in [9.17, 15) is 9.59 Å². The number of hydrogen-bond acceptors (Lipinski definition) is 6. The molecule has 0 heterocycles. The maximum absolute atomic E-state index is 12.3. The van der Waals surface area contributed by atoms with E-state index >= 15 is 0 Å². The predicted octanol–water partition coefficient (Wildman–Crippen LogP) is 1.58. The number of nitrogen functional groups attached to an aromatic ring is 1. The summed E-state index contributed by atoms with van der Waals surface area (Å²) in [5, 5.41) is 0. The maximum atomic E-state index is 12.3. The molecule has 1 aromatic rings. The van der Waals surface area contributed by atoms with Crippen molar-refractivity contribution in [2.75, 3.05) is 5.73 Å². The lowest BCUT2D eigenvalue weighted by molar-refractivity contribution is -0.178. The van der Waals surface area contributed by atoms with Gasteiger partial charge in [-0.3, -0.25) is 4.79 Å². The van der Waals surface area contributed by atoms with Gasteiger partial charge in [-0.25, -0.2) is 4.79 Å². The SMILES string of the molecule is CC(C)(C)OC(=O)C(C)(Cc1ccc(N)cc1)C(=O)ON. The van der Waals surface area contributed by atoms with Crippen LogP contribution in [-0.4, -0.2) is 17.5 Å². The third-order valence-electron chi connectivity index (χ3n) is 2.94. The zero-order valence-corrected chi connectivity index (χ0v) is 12.8. The average Bonchev–Trinajstić information content (AvgIpc) is 2.38. The minimum absolute atomic E-state index is 0.109. The fraction of sp³-hybridized carbons (Fsp3) is 0.467. The Kier molecular flexibility index (Phi) is 4.96. The first-order chi connectivity index (χ1) is 9.58. The average molecular weight is 294 g/mol. The first kappa shape index (κ1) is 17.0. The summed E-state index contributed by atoms with van der Waals surface area (Å²) in [6, 6.07) is 6.86. The number of esters is 1. The lowest BCUT2D eigenvalue weighted by Crippen LogP contribution is -2.44. The van der Waals surface area contributed by atoms with E-state index in [1.807, 2.05) is 0 Å². The molecular formula is C15H22N2O4. The normalized spacial score (nSPS) is 14.1. The summed E-state index contributed by atoms with van der Waals surface area (Å²) >= 11 is 0. The van der Waals surface area contributed by atoms with E-state index in [1.165, 1.54) is 6.92 Å². The van der Waals surface area contributed by atoms with E-state index in [0.717, 1.165) is 5.56 Å². The van der Waals surface area contributed by atoms with Gasteiger partial charge >= 0.3 is 11.9 Å². The molecule has 0 aliphatic carbocycles. The molecular weight excluding hydrogens is 272 g/mol.